The third-order valence-corrected chi connectivity index (χ3v) is 2.14. The maximum atomic E-state index is 5.07. The minimum atomic E-state index is 0.800. The molecule has 0 saturated heterocycles. The van der Waals surface area contributed by atoms with E-state index in [0.29, 0.717) is 0 Å². The molecule has 2 heterocycles. The van der Waals surface area contributed by atoms with E-state index in [1.54, 1.807) is 0 Å². The first-order chi connectivity index (χ1) is 6.72. The molecule has 2 N–H and O–H groups in total. The van der Waals surface area contributed by atoms with E-state index in [2.05, 4.69) is 20.7 Å². The van der Waals surface area contributed by atoms with E-state index in [4.69, 9.17) is 4.52 Å². The van der Waals surface area contributed by atoms with E-state index >= 15 is 0 Å². The Morgan fingerprint density at radius 1 is 1.43 bits per heavy atom. The number of anilines is 1. The molecular weight excluding hydrogens is 180 g/mol. The number of rotatable bonds is 2. The molecule has 2 aromatic heterocycles. The lowest BCUT2D eigenvalue weighted by molar-refractivity contribution is 0.393. The molecule has 0 radical (unpaired) electrons. The lowest BCUT2D eigenvalue weighted by Crippen LogP contribution is -1.85. The van der Waals surface area contributed by atoms with Crippen LogP contribution in [-0.4, -0.2) is 22.4 Å². The van der Waals surface area contributed by atoms with E-state index < -0.39 is 0 Å². The van der Waals surface area contributed by atoms with Crippen LogP contribution < -0.4 is 5.32 Å². The fourth-order valence-electron chi connectivity index (χ4n) is 1.45. The predicted octanol–water partition coefficient (Wildman–Crippen LogP) is 1.72. The molecular formula is C9H12N4O. The first-order valence-electron chi connectivity index (χ1n) is 4.38. The Balaban J connectivity index is 2.48. The summed E-state index contributed by atoms with van der Waals surface area (Å²) >= 11 is 0. The van der Waals surface area contributed by atoms with Crippen LogP contribution in [-0.2, 0) is 0 Å². The zero-order chi connectivity index (χ0) is 10.1. The third-order valence-electron chi connectivity index (χ3n) is 2.14. The number of nitrogens with zero attached hydrogens (tertiary/aromatic N) is 2. The molecule has 0 unspecified atom stereocenters. The van der Waals surface area contributed by atoms with Gasteiger partial charge in [-0.15, -0.1) is 0 Å². The van der Waals surface area contributed by atoms with Crippen molar-refractivity contribution in [3.05, 3.63) is 17.5 Å². The summed E-state index contributed by atoms with van der Waals surface area (Å²) in [7, 11) is 1.83. The summed E-state index contributed by atoms with van der Waals surface area (Å²) in [6, 6.07) is 1.92. The van der Waals surface area contributed by atoms with Crippen molar-refractivity contribution in [2.24, 2.45) is 0 Å². The third kappa shape index (κ3) is 1.26. The van der Waals surface area contributed by atoms with Crippen molar-refractivity contribution in [1.29, 1.82) is 0 Å². The molecule has 0 bridgehead atoms. The SMILES string of the molecule is CNc1cc(-c2c(C)noc2C)[nH]n1. The highest BCUT2D eigenvalue weighted by molar-refractivity contribution is 5.66. The van der Waals surface area contributed by atoms with Gasteiger partial charge < -0.3 is 9.84 Å². The Morgan fingerprint density at radius 2 is 2.21 bits per heavy atom. The van der Waals surface area contributed by atoms with Gasteiger partial charge in [-0.05, 0) is 13.8 Å². The number of hydrogen-bond donors (Lipinski definition) is 2. The molecule has 0 amide bonds. The van der Waals surface area contributed by atoms with Gasteiger partial charge in [0.05, 0.1) is 17.0 Å². The van der Waals surface area contributed by atoms with E-state index in [9.17, 15) is 0 Å². The normalized spacial score (nSPS) is 10.5. The van der Waals surface area contributed by atoms with E-state index in [1.165, 1.54) is 0 Å². The Labute approximate surface area is 81.5 Å². The van der Waals surface area contributed by atoms with Crippen molar-refractivity contribution in [3.8, 4) is 11.3 Å². The topological polar surface area (TPSA) is 66.7 Å². The molecule has 2 aromatic rings. The summed E-state index contributed by atoms with van der Waals surface area (Å²) in [5, 5.41) is 13.8. The molecule has 0 aromatic carbocycles. The van der Waals surface area contributed by atoms with E-state index in [-0.39, 0.29) is 0 Å². The second-order valence-corrected chi connectivity index (χ2v) is 3.12. The number of aryl methyl sites for hydroxylation is 2. The summed E-state index contributed by atoms with van der Waals surface area (Å²) in [5.41, 5.74) is 2.78. The van der Waals surface area contributed by atoms with Crippen molar-refractivity contribution in [2.75, 3.05) is 12.4 Å². The molecule has 0 aliphatic carbocycles. The fourth-order valence-corrected chi connectivity index (χ4v) is 1.45. The summed E-state index contributed by atoms with van der Waals surface area (Å²) in [4.78, 5) is 0. The summed E-state index contributed by atoms with van der Waals surface area (Å²) in [5.74, 6) is 1.61. The smallest absolute Gasteiger partial charge is 0.148 e. The van der Waals surface area contributed by atoms with Gasteiger partial charge in [-0.1, -0.05) is 5.16 Å². The van der Waals surface area contributed by atoms with E-state index in [0.717, 1.165) is 28.5 Å². The van der Waals surface area contributed by atoms with Crippen molar-refractivity contribution in [1.82, 2.24) is 15.4 Å². The first-order valence-corrected chi connectivity index (χ1v) is 4.38. The molecule has 0 spiro atoms. The standard InChI is InChI=1S/C9H12N4O/c1-5-9(6(2)14-13-5)7-4-8(10-3)12-11-7/h4H,1-3H3,(H2,10,11,12). The van der Waals surface area contributed by atoms with Gasteiger partial charge in [-0.3, -0.25) is 5.10 Å². The number of aromatic amines is 1. The van der Waals surface area contributed by atoms with Crippen LogP contribution in [0.5, 0.6) is 0 Å². The number of H-pyrrole nitrogens is 1. The quantitative estimate of drug-likeness (QED) is 0.760. The van der Waals surface area contributed by atoms with Crippen LogP contribution in [0.25, 0.3) is 11.3 Å². The van der Waals surface area contributed by atoms with Crippen LogP contribution in [0, 0.1) is 13.8 Å². The van der Waals surface area contributed by atoms with E-state index in [1.807, 2.05) is 27.0 Å². The highest BCUT2D eigenvalue weighted by Gasteiger charge is 2.13. The Morgan fingerprint density at radius 3 is 2.71 bits per heavy atom. The van der Waals surface area contributed by atoms with Crippen LogP contribution in [0.2, 0.25) is 0 Å². The van der Waals surface area contributed by atoms with Gasteiger partial charge in [0.25, 0.3) is 0 Å². The molecule has 14 heavy (non-hydrogen) atoms. The fraction of sp³-hybridized carbons (Fsp3) is 0.333. The van der Waals surface area contributed by atoms with Crippen molar-refractivity contribution < 1.29 is 4.52 Å². The van der Waals surface area contributed by atoms with Crippen LogP contribution in [0.1, 0.15) is 11.5 Å². The summed E-state index contributed by atoms with van der Waals surface area (Å²) < 4.78 is 5.07. The number of hydrogen-bond acceptors (Lipinski definition) is 4. The molecule has 0 aliphatic heterocycles. The molecule has 5 heteroatoms. The van der Waals surface area contributed by atoms with Gasteiger partial charge >= 0.3 is 0 Å². The highest BCUT2D eigenvalue weighted by atomic mass is 16.5. The Bertz CT molecular complexity index is 424. The maximum absolute atomic E-state index is 5.07. The number of nitrogens with one attached hydrogen (secondary N) is 2. The molecule has 74 valence electrons. The molecule has 0 fully saturated rings. The van der Waals surface area contributed by atoms with Crippen LogP contribution >= 0.6 is 0 Å². The average molecular weight is 192 g/mol. The van der Waals surface area contributed by atoms with Crippen LogP contribution in [0.15, 0.2) is 10.6 Å². The Kier molecular flexibility index (Phi) is 1.99. The lowest BCUT2D eigenvalue weighted by Gasteiger charge is -1.92. The predicted molar refractivity (Wildman–Crippen MR) is 53.1 cm³/mol. The van der Waals surface area contributed by atoms with Crippen molar-refractivity contribution >= 4 is 5.82 Å². The second-order valence-electron chi connectivity index (χ2n) is 3.12. The monoisotopic (exact) mass is 192 g/mol. The van der Waals surface area contributed by atoms with Gasteiger partial charge in [0.15, 0.2) is 0 Å². The van der Waals surface area contributed by atoms with Crippen LogP contribution in [0.4, 0.5) is 5.82 Å². The zero-order valence-corrected chi connectivity index (χ0v) is 8.38. The molecule has 0 saturated carbocycles. The summed E-state index contributed by atoms with van der Waals surface area (Å²) in [6.07, 6.45) is 0. The minimum absolute atomic E-state index is 0.800. The summed E-state index contributed by atoms with van der Waals surface area (Å²) in [6.45, 7) is 3.79. The van der Waals surface area contributed by atoms with Crippen LogP contribution in [0.3, 0.4) is 0 Å². The first kappa shape index (κ1) is 8.80. The highest BCUT2D eigenvalue weighted by Crippen LogP contribution is 2.26. The molecule has 5 nitrogen and oxygen atoms in total. The van der Waals surface area contributed by atoms with Crippen molar-refractivity contribution in [2.45, 2.75) is 13.8 Å². The molecule has 2 rings (SSSR count). The average Bonchev–Trinajstić information content (AvgIpc) is 2.73. The zero-order valence-electron chi connectivity index (χ0n) is 8.38. The van der Waals surface area contributed by atoms with Gasteiger partial charge in [0.2, 0.25) is 0 Å². The van der Waals surface area contributed by atoms with Gasteiger partial charge in [0.1, 0.15) is 11.6 Å². The molecule has 0 atom stereocenters. The van der Waals surface area contributed by atoms with Gasteiger partial charge in [-0.2, -0.15) is 5.10 Å². The lowest BCUT2D eigenvalue weighted by atomic mass is 10.1. The minimum Gasteiger partial charge on any atom is -0.372 e. The van der Waals surface area contributed by atoms with Gasteiger partial charge in [-0.25, -0.2) is 0 Å². The molecule has 0 aliphatic rings. The second kappa shape index (κ2) is 3.17. The maximum Gasteiger partial charge on any atom is 0.148 e. The van der Waals surface area contributed by atoms with Crippen molar-refractivity contribution in [3.63, 3.8) is 0 Å². The number of aromatic nitrogens is 3. The largest absolute Gasteiger partial charge is 0.372 e. The van der Waals surface area contributed by atoms with Gasteiger partial charge in [0, 0.05) is 13.1 Å². The Hall–Kier alpha value is -1.78.